The molecule has 1 heterocycles. The Morgan fingerprint density at radius 3 is 2.43 bits per heavy atom. The van der Waals surface area contributed by atoms with Gasteiger partial charge in [-0.1, -0.05) is 11.6 Å². The van der Waals surface area contributed by atoms with Crippen molar-refractivity contribution in [2.75, 3.05) is 5.73 Å². The van der Waals surface area contributed by atoms with Crippen molar-refractivity contribution in [2.45, 2.75) is 4.90 Å². The molecule has 2 aromatic carbocycles. The normalized spacial score (nSPS) is 11.2. The lowest BCUT2D eigenvalue weighted by Gasteiger charge is -2.08. The van der Waals surface area contributed by atoms with E-state index in [1.165, 1.54) is 24.3 Å². The van der Waals surface area contributed by atoms with Crippen molar-refractivity contribution in [3.63, 3.8) is 0 Å². The van der Waals surface area contributed by atoms with Crippen LogP contribution in [0.1, 0.15) is 20.7 Å². The zero-order valence-electron chi connectivity index (χ0n) is 13.8. The summed E-state index contributed by atoms with van der Waals surface area (Å²) in [5.41, 5.74) is 5.98. The van der Waals surface area contributed by atoms with Crippen LogP contribution in [-0.4, -0.2) is 40.4 Å². The van der Waals surface area contributed by atoms with Gasteiger partial charge in [0.15, 0.2) is 4.77 Å². The van der Waals surface area contributed by atoms with Crippen LogP contribution in [0, 0.1) is 4.77 Å². The number of aromatic nitrogens is 2. The summed E-state index contributed by atoms with van der Waals surface area (Å²) in [7, 11) is -4.15. The number of hydrogen-bond acceptors (Lipinski definition) is 6. The number of nitrogens with two attached hydrogens (primary N) is 2. The number of halogens is 1. The highest BCUT2D eigenvalue weighted by molar-refractivity contribution is 7.89. The number of nitrogens with zero attached hydrogens (tertiary/aromatic N) is 1. The van der Waals surface area contributed by atoms with Gasteiger partial charge in [-0.05, 0) is 42.5 Å². The lowest BCUT2D eigenvalue weighted by Crippen LogP contribution is -2.16. The lowest BCUT2D eigenvalue weighted by molar-refractivity contribution is 0.0698. The SMILES string of the molecule is Nc1c(C(=O)O)ccc2c1[nH]c(=S)n2C(=O)c1ccc(Cl)c(S(N)(=O)=O)c1.O. The Morgan fingerprint density at radius 2 is 1.86 bits per heavy atom. The topological polar surface area (TPSA) is 193 Å². The Kier molecular flexibility index (Phi) is 5.64. The number of aromatic carboxylic acids is 1. The first-order chi connectivity index (χ1) is 12.5. The number of sulfonamides is 1. The van der Waals surface area contributed by atoms with Crippen molar-refractivity contribution in [2.24, 2.45) is 5.14 Å². The van der Waals surface area contributed by atoms with Crippen molar-refractivity contribution >= 4 is 62.4 Å². The molecule has 0 bridgehead atoms. The highest BCUT2D eigenvalue weighted by atomic mass is 35.5. The molecule has 0 unspecified atom stereocenters. The van der Waals surface area contributed by atoms with E-state index in [2.05, 4.69) is 4.98 Å². The summed E-state index contributed by atoms with van der Waals surface area (Å²) in [6, 6.07) is 6.19. The first-order valence-corrected chi connectivity index (χ1v) is 9.49. The maximum absolute atomic E-state index is 12.9. The Balaban J connectivity index is 0.00000280. The van der Waals surface area contributed by atoms with E-state index in [0.717, 1.165) is 10.6 Å². The largest absolute Gasteiger partial charge is 0.478 e. The van der Waals surface area contributed by atoms with Crippen LogP contribution < -0.4 is 10.9 Å². The van der Waals surface area contributed by atoms with Gasteiger partial charge in [0.25, 0.3) is 5.91 Å². The molecule has 148 valence electrons. The molecule has 0 saturated heterocycles. The molecule has 13 heteroatoms. The van der Waals surface area contributed by atoms with Crippen molar-refractivity contribution in [3.8, 4) is 0 Å². The van der Waals surface area contributed by atoms with Crippen LogP contribution in [-0.2, 0) is 10.0 Å². The van der Waals surface area contributed by atoms with Crippen molar-refractivity contribution in [1.82, 2.24) is 9.55 Å². The van der Waals surface area contributed by atoms with Gasteiger partial charge in [0.05, 0.1) is 27.3 Å². The third-order valence-corrected chi connectivity index (χ3v) is 5.49. The molecule has 1 aromatic heterocycles. The predicted molar refractivity (Wildman–Crippen MR) is 105 cm³/mol. The second-order valence-electron chi connectivity index (χ2n) is 5.49. The number of benzene rings is 2. The molecule has 10 nitrogen and oxygen atoms in total. The van der Waals surface area contributed by atoms with E-state index in [0.29, 0.717) is 0 Å². The van der Waals surface area contributed by atoms with E-state index in [-0.39, 0.29) is 43.1 Å². The van der Waals surface area contributed by atoms with Crippen LogP contribution in [0.25, 0.3) is 11.0 Å². The number of rotatable bonds is 3. The van der Waals surface area contributed by atoms with Gasteiger partial charge in [-0.3, -0.25) is 9.36 Å². The lowest BCUT2D eigenvalue weighted by atomic mass is 10.1. The molecule has 0 fully saturated rings. The first-order valence-electron chi connectivity index (χ1n) is 7.16. The van der Waals surface area contributed by atoms with Crippen molar-refractivity contribution in [3.05, 3.63) is 51.3 Å². The van der Waals surface area contributed by atoms with Gasteiger partial charge in [0, 0.05) is 5.56 Å². The van der Waals surface area contributed by atoms with Gasteiger partial charge in [-0.2, -0.15) is 0 Å². The standard InChI is InChI=1S/C15H11ClN4O5S2.H2O/c16-8-3-1-6(5-10(8)27(18,24)25)13(21)20-9-4-2-7(14(22)23)11(17)12(9)19-15(20)26;/h1-5H,17H2,(H,19,26)(H,22,23)(H2,18,24,25);1H2. The number of nitrogen functional groups attached to an aromatic ring is 1. The molecule has 8 N–H and O–H groups in total. The van der Waals surface area contributed by atoms with Crippen LogP contribution in [0.15, 0.2) is 35.2 Å². The smallest absolute Gasteiger partial charge is 0.337 e. The summed E-state index contributed by atoms with van der Waals surface area (Å²) in [6.07, 6.45) is 0. The summed E-state index contributed by atoms with van der Waals surface area (Å²) in [4.78, 5) is 26.4. The van der Waals surface area contributed by atoms with Crippen molar-refractivity contribution < 1.29 is 28.6 Å². The number of primary sulfonamides is 1. The van der Waals surface area contributed by atoms with E-state index in [4.69, 9.17) is 39.8 Å². The molecule has 0 aliphatic carbocycles. The number of carbonyl (C=O) groups excluding carboxylic acids is 1. The van der Waals surface area contributed by atoms with Crippen LogP contribution in [0.3, 0.4) is 0 Å². The molecule has 28 heavy (non-hydrogen) atoms. The molecule has 0 aliphatic heterocycles. The molecule has 0 amide bonds. The maximum atomic E-state index is 12.9. The Bertz CT molecular complexity index is 1300. The van der Waals surface area contributed by atoms with Crippen LogP contribution in [0.5, 0.6) is 0 Å². The predicted octanol–water partition coefficient (Wildman–Crippen LogP) is 1.14. The van der Waals surface area contributed by atoms with Gasteiger partial charge in [0.1, 0.15) is 4.90 Å². The number of carboxylic acid groups (broad SMARTS) is 1. The molecule has 3 aromatic rings. The highest BCUT2D eigenvalue weighted by Gasteiger charge is 2.21. The number of aromatic amines is 1. The fourth-order valence-corrected chi connectivity index (χ4v) is 3.92. The third-order valence-electron chi connectivity index (χ3n) is 3.82. The molecular formula is C15H13ClN4O6S2. The molecule has 0 spiro atoms. The highest BCUT2D eigenvalue weighted by Crippen LogP contribution is 2.27. The Labute approximate surface area is 167 Å². The number of H-pyrrole nitrogens is 1. The van der Waals surface area contributed by atoms with E-state index < -0.39 is 26.8 Å². The van der Waals surface area contributed by atoms with Gasteiger partial charge in [-0.15, -0.1) is 0 Å². The summed E-state index contributed by atoms with van der Waals surface area (Å²) in [5, 5.41) is 14.1. The van der Waals surface area contributed by atoms with Crippen molar-refractivity contribution in [1.29, 1.82) is 0 Å². The number of nitrogens with one attached hydrogen (secondary N) is 1. The number of fused-ring (bicyclic) bond motifs is 1. The second-order valence-corrected chi connectivity index (χ2v) is 7.81. The van der Waals surface area contributed by atoms with Gasteiger partial charge < -0.3 is 21.3 Å². The quantitative estimate of drug-likeness (QED) is 0.343. The average Bonchev–Trinajstić information content (AvgIpc) is 2.90. The summed E-state index contributed by atoms with van der Waals surface area (Å²) in [6.45, 7) is 0. The fraction of sp³-hybridized carbons (Fsp3) is 0. The minimum absolute atomic E-state index is 0. The minimum atomic E-state index is -4.15. The second kappa shape index (κ2) is 7.33. The zero-order valence-corrected chi connectivity index (χ0v) is 16.2. The average molecular weight is 445 g/mol. The van der Waals surface area contributed by atoms with Crippen LogP contribution in [0.4, 0.5) is 5.69 Å². The van der Waals surface area contributed by atoms with Gasteiger partial charge in [0.2, 0.25) is 10.0 Å². The van der Waals surface area contributed by atoms with Crippen LogP contribution >= 0.6 is 23.8 Å². The van der Waals surface area contributed by atoms with Gasteiger partial charge >= 0.3 is 5.97 Å². The number of anilines is 1. The van der Waals surface area contributed by atoms with E-state index >= 15 is 0 Å². The maximum Gasteiger partial charge on any atom is 0.337 e. The molecule has 0 aliphatic rings. The molecule has 0 saturated carbocycles. The Morgan fingerprint density at radius 1 is 1.21 bits per heavy atom. The molecule has 0 radical (unpaired) electrons. The molecule has 3 rings (SSSR count). The summed E-state index contributed by atoms with van der Waals surface area (Å²) < 4.78 is 24.3. The third kappa shape index (κ3) is 3.50. The fourth-order valence-electron chi connectivity index (χ4n) is 2.57. The molecule has 0 atom stereocenters. The van der Waals surface area contributed by atoms with E-state index in [1.807, 2.05) is 0 Å². The first kappa shape index (κ1) is 21.5. The Hall–Kier alpha value is -2.77. The summed E-state index contributed by atoms with van der Waals surface area (Å²) >= 11 is 11.0. The van der Waals surface area contributed by atoms with Crippen LogP contribution in [0.2, 0.25) is 5.02 Å². The minimum Gasteiger partial charge on any atom is -0.478 e. The number of hydrogen-bond donors (Lipinski definition) is 4. The van der Waals surface area contributed by atoms with E-state index in [1.54, 1.807) is 0 Å². The number of carbonyl (C=O) groups is 2. The zero-order chi connectivity index (χ0) is 20.1. The summed E-state index contributed by atoms with van der Waals surface area (Å²) in [5.74, 6) is -1.90. The number of imidazole rings is 1. The van der Waals surface area contributed by atoms with Gasteiger partial charge in [-0.25, -0.2) is 18.4 Å². The van der Waals surface area contributed by atoms with E-state index in [9.17, 15) is 18.0 Å². The monoisotopic (exact) mass is 444 g/mol. The molecular weight excluding hydrogens is 432 g/mol. The number of carboxylic acids is 1.